The summed E-state index contributed by atoms with van der Waals surface area (Å²) in [5.41, 5.74) is 5.61. The number of methoxy groups -OCH3 is 1. The lowest BCUT2D eigenvalue weighted by atomic mass is 10.6. The maximum absolute atomic E-state index is 5.75. The third kappa shape index (κ3) is 74.5. The molecular weight excluding hydrogens is 1290 g/mol. The van der Waals surface area contributed by atoms with E-state index in [1.54, 1.807) is 69.2 Å². The van der Waals surface area contributed by atoms with E-state index in [4.69, 9.17) is 195 Å². The lowest BCUT2D eigenvalue weighted by Gasteiger charge is -2.28. The monoisotopic (exact) mass is 1400 g/mol. The van der Waals surface area contributed by atoms with E-state index in [0.717, 1.165) is 0 Å². The molecule has 42 heteroatoms. The molecule has 0 aromatic carbocycles. The van der Waals surface area contributed by atoms with Crippen LogP contribution in [0.1, 0.15) is 69.2 Å². The minimum absolute atomic E-state index is 0.00136. The predicted molar refractivity (Wildman–Crippen MR) is 300 cm³/mol. The fourth-order valence-electron chi connectivity index (χ4n) is 5.71. The summed E-state index contributed by atoms with van der Waals surface area (Å²) in [6.45, 7) is 14.6. The van der Waals surface area contributed by atoms with E-state index >= 15 is 0 Å². The van der Waals surface area contributed by atoms with Crippen molar-refractivity contribution < 1.29 is 194 Å². The summed E-state index contributed by atoms with van der Waals surface area (Å²) in [6, 6.07) is 0. The van der Waals surface area contributed by atoms with Crippen LogP contribution < -0.4 is 5.73 Å². The first-order valence-corrected chi connectivity index (χ1v) is 28.9. The summed E-state index contributed by atoms with van der Waals surface area (Å²) in [7, 11) is 1.51. The minimum Gasteiger partial charge on any atom is -0.359 e. The highest BCUT2D eigenvalue weighted by Gasteiger charge is 2.21. The molecule has 94 heavy (non-hydrogen) atoms. The normalized spacial score (nSPS) is 15.3. The Kier molecular flexibility index (Phi) is 72.7. The van der Waals surface area contributed by atoms with Crippen LogP contribution in [-0.4, -0.2) is 281 Å². The van der Waals surface area contributed by atoms with Gasteiger partial charge in [0.05, 0.1) is 0 Å². The SMILES string of the molecule is COCOCOCOCOCOCOCOCOCOCOCOCOCOCOCOCOCOCOCOCOCOCOCOCOCOCOCOCOCOCOCOC(C)OC(C)OC(C)OC(C)OC(C)OC(C)OC(C)OC(C)OC(C)OC(C)N. The second-order valence-corrected chi connectivity index (χ2v) is 17.3. The van der Waals surface area contributed by atoms with Crippen LogP contribution in [0, 0.1) is 0 Å². The van der Waals surface area contributed by atoms with Crippen molar-refractivity contribution in [2.24, 2.45) is 5.73 Å². The molecule has 0 aromatic rings. The zero-order chi connectivity index (χ0) is 68.7. The molecule has 0 rings (SSSR count). The maximum Gasteiger partial charge on any atom is 0.161 e. The summed E-state index contributed by atoms with van der Waals surface area (Å²) in [4.78, 5) is 0. The van der Waals surface area contributed by atoms with E-state index in [2.05, 4.69) is 4.74 Å². The number of nitrogens with two attached hydrogens (primary N) is 1. The van der Waals surface area contributed by atoms with Gasteiger partial charge in [-0.1, -0.05) is 0 Å². The molecule has 566 valence electrons. The number of hydrogen-bond acceptors (Lipinski definition) is 42. The van der Waals surface area contributed by atoms with Gasteiger partial charge in [0.1, 0.15) is 13.0 Å². The van der Waals surface area contributed by atoms with E-state index < -0.39 is 62.8 Å². The van der Waals surface area contributed by atoms with Gasteiger partial charge in [-0.15, -0.1) is 0 Å². The molecule has 10 atom stereocenters. The van der Waals surface area contributed by atoms with Gasteiger partial charge in [-0.2, -0.15) is 0 Å². The Morgan fingerprint density at radius 3 is 0.415 bits per heavy atom. The molecule has 0 bridgehead atoms. The van der Waals surface area contributed by atoms with Gasteiger partial charge >= 0.3 is 0 Å². The highest BCUT2D eigenvalue weighted by atomic mass is 16.9. The van der Waals surface area contributed by atoms with Gasteiger partial charge in [-0.3, -0.25) is 0 Å². The Balaban J connectivity index is 3.33. The molecule has 0 heterocycles. The number of rotatable bonds is 81. The van der Waals surface area contributed by atoms with Gasteiger partial charge in [0.2, 0.25) is 0 Å². The zero-order valence-electron chi connectivity index (χ0n) is 56.0. The summed E-state index contributed by atoms with van der Waals surface area (Å²) >= 11 is 0. The standard InChI is InChI=1S/C52H107NO41/c1-43(53)86-45(3)88-47(5)90-49(7)92-51(9)94-52(10)93-50(8)91-48(6)89-46(4)87-44(2)85-42-84-41-83-40-82-39-81-38-80-37-79-36-78-35-77-34-76-33-75-32-74-31-73-30-72-29-71-28-70-27-69-26-68-25-67-24-66-23-65-22-64-21-63-20-62-19-61-18-60-17-59-16-58-15-57-14-56-13-55-12-54-11/h43-52H,12-42,53H2,1-11H3. The molecule has 0 spiro atoms. The van der Waals surface area contributed by atoms with Crippen molar-refractivity contribution in [2.75, 3.05) is 218 Å². The average Bonchev–Trinajstić information content (AvgIpc) is 3.09. The van der Waals surface area contributed by atoms with Crippen LogP contribution in [-0.2, 0) is 194 Å². The van der Waals surface area contributed by atoms with Gasteiger partial charge in [0, 0.05) is 7.11 Å². The molecule has 0 fully saturated rings. The largest absolute Gasteiger partial charge is 0.359 e. The van der Waals surface area contributed by atoms with Crippen LogP contribution in [0.5, 0.6) is 0 Å². The molecule has 0 amide bonds. The van der Waals surface area contributed by atoms with Gasteiger partial charge < -0.3 is 200 Å². The van der Waals surface area contributed by atoms with Crippen molar-refractivity contribution in [1.29, 1.82) is 0 Å². The van der Waals surface area contributed by atoms with E-state index in [0.29, 0.717) is 0 Å². The topological polar surface area (TPSA) is 404 Å². The predicted octanol–water partition coefficient (Wildman–Crippen LogP) is 2.40. The first kappa shape index (κ1) is 92.3. The van der Waals surface area contributed by atoms with Crippen LogP contribution in [0.15, 0.2) is 0 Å². The van der Waals surface area contributed by atoms with Crippen molar-refractivity contribution in [1.82, 2.24) is 0 Å². The third-order valence-electron chi connectivity index (χ3n) is 8.89. The van der Waals surface area contributed by atoms with Crippen molar-refractivity contribution >= 4 is 0 Å². The molecule has 2 N–H and O–H groups in total. The number of hydrogen-bond donors (Lipinski definition) is 1. The lowest BCUT2D eigenvalue weighted by molar-refractivity contribution is -0.350. The molecular formula is C52H107NO41. The van der Waals surface area contributed by atoms with E-state index in [-0.39, 0.29) is 211 Å². The van der Waals surface area contributed by atoms with Crippen molar-refractivity contribution in [3.8, 4) is 0 Å². The Bertz CT molecular complexity index is 1460. The van der Waals surface area contributed by atoms with Crippen molar-refractivity contribution in [3.63, 3.8) is 0 Å². The Morgan fingerprint density at radius 2 is 0.277 bits per heavy atom. The zero-order valence-corrected chi connectivity index (χ0v) is 56.0. The smallest absolute Gasteiger partial charge is 0.161 e. The minimum atomic E-state index is -0.699. The second kappa shape index (κ2) is 74.0. The Labute approximate surface area is 548 Å². The molecule has 0 aliphatic heterocycles. The molecule has 0 saturated heterocycles. The lowest BCUT2D eigenvalue weighted by Crippen LogP contribution is -2.34. The molecule has 0 aliphatic carbocycles. The molecule has 42 nitrogen and oxygen atoms in total. The van der Waals surface area contributed by atoms with E-state index in [1.165, 1.54) is 7.11 Å². The van der Waals surface area contributed by atoms with Crippen LogP contribution in [0.2, 0.25) is 0 Å². The van der Waals surface area contributed by atoms with Gasteiger partial charge in [0.25, 0.3) is 0 Å². The third-order valence-corrected chi connectivity index (χ3v) is 8.89. The highest BCUT2D eigenvalue weighted by molar-refractivity contribution is 4.46. The van der Waals surface area contributed by atoms with E-state index in [9.17, 15) is 0 Å². The van der Waals surface area contributed by atoms with Crippen LogP contribution in [0.25, 0.3) is 0 Å². The first-order chi connectivity index (χ1) is 45.8. The summed E-state index contributed by atoms with van der Waals surface area (Å²) in [6.07, 6.45) is -6.42. The Hall–Kier alpha value is -1.68. The number of ether oxygens (including phenoxy) is 41. The van der Waals surface area contributed by atoms with E-state index in [1.807, 2.05) is 0 Å². The molecule has 0 radical (unpaired) electrons. The van der Waals surface area contributed by atoms with Crippen LogP contribution in [0.3, 0.4) is 0 Å². The summed E-state index contributed by atoms with van der Waals surface area (Å²) < 4.78 is 214. The van der Waals surface area contributed by atoms with Gasteiger partial charge in [-0.05, 0) is 69.2 Å². The first-order valence-electron chi connectivity index (χ1n) is 28.9. The fraction of sp³-hybridized carbons (Fsp3) is 1.00. The molecule has 10 unspecified atom stereocenters. The maximum atomic E-state index is 5.75. The van der Waals surface area contributed by atoms with Crippen molar-refractivity contribution in [2.45, 2.75) is 132 Å². The fourth-order valence-corrected chi connectivity index (χ4v) is 5.71. The molecule has 0 saturated carbocycles. The quantitative estimate of drug-likeness (QED) is 0.0674. The molecule has 0 aliphatic rings. The van der Waals surface area contributed by atoms with Crippen LogP contribution in [0.4, 0.5) is 0 Å². The summed E-state index contributed by atoms with van der Waals surface area (Å²) in [5.74, 6) is 0. The van der Waals surface area contributed by atoms with Gasteiger partial charge in [0.15, 0.2) is 260 Å². The summed E-state index contributed by atoms with van der Waals surface area (Å²) in [5, 5.41) is 0. The average molecular weight is 1400 g/mol. The van der Waals surface area contributed by atoms with Crippen molar-refractivity contribution in [3.05, 3.63) is 0 Å². The highest BCUT2D eigenvalue weighted by Crippen LogP contribution is 2.14. The van der Waals surface area contributed by atoms with Crippen LogP contribution >= 0.6 is 0 Å². The Morgan fingerprint density at radius 1 is 0.160 bits per heavy atom. The second-order valence-electron chi connectivity index (χ2n) is 17.3. The van der Waals surface area contributed by atoms with Gasteiger partial charge in [-0.25, -0.2) is 0 Å². The molecule has 0 aromatic heterocycles.